The summed E-state index contributed by atoms with van der Waals surface area (Å²) in [5, 5.41) is 2.18. The number of methoxy groups -OCH3 is 1. The highest BCUT2D eigenvalue weighted by atomic mass is 32.2. The second-order valence-corrected chi connectivity index (χ2v) is 6.76. The standard InChI is InChI=1S/C19H15F3N2O3S/c1-27-15-8-3-2-5-12(15)9-16-17(25)24(18(26)28-16)11-23-14-7-4-6-13(10-14)19(20,21)22/h2-10,23H,11H2,1H3/b16-9+. The lowest BCUT2D eigenvalue weighted by Gasteiger charge is -2.15. The Morgan fingerprint density at radius 2 is 1.89 bits per heavy atom. The lowest BCUT2D eigenvalue weighted by molar-refractivity contribution is -0.137. The third-order valence-electron chi connectivity index (χ3n) is 3.93. The van der Waals surface area contributed by atoms with Crippen molar-refractivity contribution >= 4 is 34.7 Å². The van der Waals surface area contributed by atoms with Gasteiger partial charge in [0.15, 0.2) is 0 Å². The van der Waals surface area contributed by atoms with Crippen LogP contribution in [0.2, 0.25) is 0 Å². The number of thioether (sulfide) groups is 1. The first kappa shape index (κ1) is 19.8. The van der Waals surface area contributed by atoms with Crippen LogP contribution in [0.5, 0.6) is 5.75 Å². The molecule has 0 bridgehead atoms. The normalized spacial score (nSPS) is 16.0. The van der Waals surface area contributed by atoms with Crippen molar-refractivity contribution in [3.8, 4) is 5.75 Å². The summed E-state index contributed by atoms with van der Waals surface area (Å²) in [6.45, 7) is -0.241. The van der Waals surface area contributed by atoms with Gasteiger partial charge < -0.3 is 10.1 Å². The monoisotopic (exact) mass is 408 g/mol. The highest BCUT2D eigenvalue weighted by Crippen LogP contribution is 2.34. The molecule has 1 N–H and O–H groups in total. The number of nitrogens with one attached hydrogen (secondary N) is 1. The summed E-state index contributed by atoms with van der Waals surface area (Å²) >= 11 is 0.761. The van der Waals surface area contributed by atoms with E-state index in [-0.39, 0.29) is 17.3 Å². The van der Waals surface area contributed by atoms with E-state index in [1.807, 2.05) is 0 Å². The molecule has 0 aliphatic carbocycles. The second kappa shape index (κ2) is 7.97. The van der Waals surface area contributed by atoms with Gasteiger partial charge in [-0.25, -0.2) is 0 Å². The molecule has 2 amide bonds. The number of ether oxygens (including phenoxy) is 1. The van der Waals surface area contributed by atoms with Gasteiger partial charge in [-0.2, -0.15) is 13.2 Å². The number of carbonyl (C=O) groups excluding carboxylic acids is 2. The van der Waals surface area contributed by atoms with E-state index < -0.39 is 22.9 Å². The molecule has 1 heterocycles. The quantitative estimate of drug-likeness (QED) is 0.719. The molecule has 1 fully saturated rings. The Balaban J connectivity index is 1.73. The number of nitrogens with zero attached hydrogens (tertiary/aromatic N) is 1. The molecule has 0 unspecified atom stereocenters. The Kier molecular flexibility index (Phi) is 5.64. The van der Waals surface area contributed by atoms with Gasteiger partial charge >= 0.3 is 6.18 Å². The number of alkyl halides is 3. The average Bonchev–Trinajstić information content (AvgIpc) is 2.93. The number of hydrogen-bond donors (Lipinski definition) is 1. The Labute approximate surface area is 163 Å². The fourth-order valence-electron chi connectivity index (χ4n) is 2.54. The Morgan fingerprint density at radius 3 is 2.61 bits per heavy atom. The first-order valence-corrected chi connectivity index (χ1v) is 8.91. The number of anilines is 1. The highest BCUT2D eigenvalue weighted by Gasteiger charge is 2.35. The number of carbonyl (C=O) groups is 2. The van der Waals surface area contributed by atoms with Crippen LogP contribution in [-0.2, 0) is 11.0 Å². The fraction of sp³-hybridized carbons (Fsp3) is 0.158. The van der Waals surface area contributed by atoms with Gasteiger partial charge in [0, 0.05) is 11.3 Å². The zero-order valence-electron chi connectivity index (χ0n) is 14.6. The molecule has 146 valence electrons. The van der Waals surface area contributed by atoms with Gasteiger partial charge in [-0.3, -0.25) is 14.5 Å². The second-order valence-electron chi connectivity index (χ2n) is 5.77. The molecule has 0 radical (unpaired) electrons. The van der Waals surface area contributed by atoms with Crippen LogP contribution in [-0.4, -0.2) is 29.8 Å². The van der Waals surface area contributed by atoms with Crippen molar-refractivity contribution in [2.75, 3.05) is 19.1 Å². The first-order chi connectivity index (χ1) is 13.3. The summed E-state index contributed by atoms with van der Waals surface area (Å²) < 4.78 is 43.6. The maximum Gasteiger partial charge on any atom is 0.416 e. The van der Waals surface area contributed by atoms with Gasteiger partial charge in [0.05, 0.1) is 24.2 Å². The molecule has 3 rings (SSSR count). The minimum atomic E-state index is -4.47. The molecule has 1 aliphatic heterocycles. The maximum absolute atomic E-state index is 12.8. The van der Waals surface area contributed by atoms with E-state index in [4.69, 9.17) is 4.74 Å². The Bertz CT molecular complexity index is 944. The van der Waals surface area contributed by atoms with Crippen molar-refractivity contribution in [3.05, 3.63) is 64.6 Å². The van der Waals surface area contributed by atoms with Gasteiger partial charge in [-0.15, -0.1) is 0 Å². The topological polar surface area (TPSA) is 58.6 Å². The Morgan fingerprint density at radius 1 is 1.14 bits per heavy atom. The minimum absolute atomic E-state index is 0.155. The molecular formula is C19H15F3N2O3S. The van der Waals surface area contributed by atoms with Crippen LogP contribution in [0.25, 0.3) is 6.08 Å². The SMILES string of the molecule is COc1ccccc1/C=C1/SC(=O)N(CNc2cccc(C(F)(F)F)c2)C1=O. The van der Waals surface area contributed by atoms with Crippen molar-refractivity contribution < 1.29 is 27.5 Å². The predicted molar refractivity (Wildman–Crippen MR) is 101 cm³/mol. The number of para-hydroxylation sites is 1. The molecule has 1 aliphatic rings. The molecule has 5 nitrogen and oxygen atoms in total. The van der Waals surface area contributed by atoms with Crippen molar-refractivity contribution in [3.63, 3.8) is 0 Å². The van der Waals surface area contributed by atoms with Crippen LogP contribution < -0.4 is 10.1 Å². The lowest BCUT2D eigenvalue weighted by atomic mass is 10.2. The molecule has 1 saturated heterocycles. The van der Waals surface area contributed by atoms with E-state index in [9.17, 15) is 22.8 Å². The number of benzene rings is 2. The third kappa shape index (κ3) is 4.30. The molecular weight excluding hydrogens is 393 g/mol. The molecule has 0 saturated carbocycles. The third-order valence-corrected chi connectivity index (χ3v) is 4.84. The molecule has 0 spiro atoms. The van der Waals surface area contributed by atoms with E-state index in [0.29, 0.717) is 11.3 Å². The predicted octanol–water partition coefficient (Wildman–Crippen LogP) is 4.82. The van der Waals surface area contributed by atoms with Crippen LogP contribution in [0.15, 0.2) is 53.4 Å². The molecule has 0 aromatic heterocycles. The van der Waals surface area contributed by atoms with Crippen LogP contribution in [0.4, 0.5) is 23.7 Å². The zero-order chi connectivity index (χ0) is 20.3. The van der Waals surface area contributed by atoms with Gasteiger partial charge in [-0.05, 0) is 42.1 Å². The summed E-state index contributed by atoms with van der Waals surface area (Å²) in [4.78, 5) is 25.8. The lowest BCUT2D eigenvalue weighted by Crippen LogP contribution is -2.33. The van der Waals surface area contributed by atoms with E-state index in [1.54, 1.807) is 30.3 Å². The van der Waals surface area contributed by atoms with Gasteiger partial charge in [0.25, 0.3) is 11.1 Å². The van der Waals surface area contributed by atoms with Gasteiger partial charge in [0.2, 0.25) is 0 Å². The number of halogens is 3. The summed E-state index contributed by atoms with van der Waals surface area (Å²) in [7, 11) is 1.50. The number of hydrogen-bond acceptors (Lipinski definition) is 5. The molecule has 2 aromatic carbocycles. The van der Waals surface area contributed by atoms with Crippen LogP contribution in [0.3, 0.4) is 0 Å². The maximum atomic E-state index is 12.8. The fourth-order valence-corrected chi connectivity index (χ4v) is 3.37. The van der Waals surface area contributed by atoms with Crippen LogP contribution in [0.1, 0.15) is 11.1 Å². The molecule has 0 atom stereocenters. The molecule has 9 heteroatoms. The van der Waals surface area contributed by atoms with Crippen molar-refractivity contribution in [1.29, 1.82) is 0 Å². The number of rotatable bonds is 5. The average molecular weight is 408 g/mol. The van der Waals surface area contributed by atoms with E-state index >= 15 is 0 Å². The summed E-state index contributed by atoms with van der Waals surface area (Å²) in [5.41, 5.74) is -0.0216. The smallest absolute Gasteiger partial charge is 0.416 e. The summed E-state index contributed by atoms with van der Waals surface area (Å²) in [6.07, 6.45) is -2.93. The van der Waals surface area contributed by atoms with Crippen LogP contribution in [0, 0.1) is 0 Å². The molecule has 28 heavy (non-hydrogen) atoms. The van der Waals surface area contributed by atoms with Crippen LogP contribution >= 0.6 is 11.8 Å². The number of amides is 2. The zero-order valence-corrected chi connectivity index (χ0v) is 15.4. The van der Waals surface area contributed by atoms with E-state index in [0.717, 1.165) is 28.8 Å². The summed E-state index contributed by atoms with van der Waals surface area (Å²) in [6, 6.07) is 11.6. The molecule has 2 aromatic rings. The van der Waals surface area contributed by atoms with Gasteiger partial charge in [-0.1, -0.05) is 24.3 Å². The highest BCUT2D eigenvalue weighted by molar-refractivity contribution is 8.18. The van der Waals surface area contributed by atoms with E-state index in [1.165, 1.54) is 19.2 Å². The van der Waals surface area contributed by atoms with Gasteiger partial charge in [0.1, 0.15) is 5.75 Å². The first-order valence-electron chi connectivity index (χ1n) is 8.09. The minimum Gasteiger partial charge on any atom is -0.496 e. The van der Waals surface area contributed by atoms with Crippen molar-refractivity contribution in [2.45, 2.75) is 6.18 Å². The van der Waals surface area contributed by atoms with Crippen molar-refractivity contribution in [2.24, 2.45) is 0 Å². The van der Waals surface area contributed by atoms with E-state index in [2.05, 4.69) is 5.32 Å². The summed E-state index contributed by atoms with van der Waals surface area (Å²) in [5.74, 6) is 0.0248. The van der Waals surface area contributed by atoms with Crippen molar-refractivity contribution in [1.82, 2.24) is 4.90 Å². The largest absolute Gasteiger partial charge is 0.496 e. The number of imide groups is 1. The Hall–Kier alpha value is -2.94.